The summed E-state index contributed by atoms with van der Waals surface area (Å²) in [6, 6.07) is 25.4. The predicted octanol–water partition coefficient (Wildman–Crippen LogP) is 6.15. The molecule has 0 aliphatic rings. The summed E-state index contributed by atoms with van der Waals surface area (Å²) in [6.07, 6.45) is 0. The average Bonchev–Trinajstić information content (AvgIpc) is 3.14. The maximum Gasteiger partial charge on any atom is 0.196 e. The topological polar surface area (TPSA) is 30.7 Å². The Bertz CT molecular complexity index is 1080. The van der Waals surface area contributed by atoms with Crippen molar-refractivity contribution in [2.24, 2.45) is 0 Å². The van der Waals surface area contributed by atoms with Crippen molar-refractivity contribution in [2.45, 2.75) is 31.7 Å². The highest BCUT2D eigenvalue weighted by Gasteiger charge is 2.16. The normalized spacial score (nSPS) is 11.0. The summed E-state index contributed by atoms with van der Waals surface area (Å²) in [5.41, 5.74) is 7.27. The van der Waals surface area contributed by atoms with E-state index < -0.39 is 0 Å². The third kappa shape index (κ3) is 3.87. The van der Waals surface area contributed by atoms with E-state index in [1.165, 1.54) is 22.3 Å². The van der Waals surface area contributed by atoms with Gasteiger partial charge in [-0.3, -0.25) is 4.57 Å². The molecular weight excluding hydrogens is 362 g/mol. The van der Waals surface area contributed by atoms with Gasteiger partial charge < -0.3 is 0 Å². The summed E-state index contributed by atoms with van der Waals surface area (Å²) in [5, 5.41) is 9.97. The quantitative estimate of drug-likeness (QED) is 0.386. The van der Waals surface area contributed by atoms with E-state index >= 15 is 0 Å². The molecule has 0 bridgehead atoms. The summed E-state index contributed by atoms with van der Waals surface area (Å²) in [6.45, 7) is 6.39. The first kappa shape index (κ1) is 18.5. The number of aryl methyl sites for hydroxylation is 3. The van der Waals surface area contributed by atoms with Gasteiger partial charge in [0.2, 0.25) is 0 Å². The van der Waals surface area contributed by atoms with Crippen LogP contribution < -0.4 is 0 Å². The SMILES string of the molecule is Cc1ccc(CSc2nnc(-c3ccccc3)n2-c2ccc(C)c(C)c2)cc1. The van der Waals surface area contributed by atoms with Crippen molar-refractivity contribution in [3.63, 3.8) is 0 Å². The number of thioether (sulfide) groups is 1. The van der Waals surface area contributed by atoms with E-state index in [1.54, 1.807) is 11.8 Å². The van der Waals surface area contributed by atoms with Crippen LogP contribution in [0, 0.1) is 20.8 Å². The van der Waals surface area contributed by atoms with Gasteiger partial charge in [-0.15, -0.1) is 10.2 Å². The van der Waals surface area contributed by atoms with Gasteiger partial charge >= 0.3 is 0 Å². The zero-order valence-electron chi connectivity index (χ0n) is 16.4. The van der Waals surface area contributed by atoms with Gasteiger partial charge in [0.1, 0.15) is 0 Å². The summed E-state index contributed by atoms with van der Waals surface area (Å²) in [7, 11) is 0. The van der Waals surface area contributed by atoms with Crippen LogP contribution >= 0.6 is 11.8 Å². The molecule has 3 nitrogen and oxygen atoms in total. The van der Waals surface area contributed by atoms with Gasteiger partial charge in [-0.25, -0.2) is 0 Å². The van der Waals surface area contributed by atoms with Crippen molar-refractivity contribution in [1.29, 1.82) is 0 Å². The lowest BCUT2D eigenvalue weighted by Gasteiger charge is -2.12. The molecule has 140 valence electrons. The largest absolute Gasteiger partial charge is 0.270 e. The second-order valence-electron chi connectivity index (χ2n) is 7.05. The molecule has 0 aliphatic heterocycles. The smallest absolute Gasteiger partial charge is 0.196 e. The van der Waals surface area contributed by atoms with Crippen LogP contribution in [0.15, 0.2) is 78.0 Å². The van der Waals surface area contributed by atoms with E-state index in [0.29, 0.717) is 0 Å². The lowest BCUT2D eigenvalue weighted by molar-refractivity contribution is 0.884. The van der Waals surface area contributed by atoms with Crippen molar-refractivity contribution in [1.82, 2.24) is 14.8 Å². The van der Waals surface area contributed by atoms with Gasteiger partial charge in [0.05, 0.1) is 5.69 Å². The van der Waals surface area contributed by atoms with E-state index in [0.717, 1.165) is 28.0 Å². The van der Waals surface area contributed by atoms with Gasteiger partial charge in [-0.05, 0) is 49.6 Å². The minimum Gasteiger partial charge on any atom is -0.270 e. The molecule has 4 rings (SSSR count). The Hall–Kier alpha value is -2.85. The van der Waals surface area contributed by atoms with E-state index in [4.69, 9.17) is 0 Å². The average molecular weight is 386 g/mol. The van der Waals surface area contributed by atoms with Crippen molar-refractivity contribution in [3.05, 3.63) is 95.1 Å². The van der Waals surface area contributed by atoms with Crippen molar-refractivity contribution >= 4 is 11.8 Å². The summed E-state index contributed by atoms with van der Waals surface area (Å²) in [4.78, 5) is 0. The first-order chi connectivity index (χ1) is 13.6. The lowest BCUT2D eigenvalue weighted by atomic mass is 10.1. The maximum absolute atomic E-state index is 4.53. The molecule has 0 saturated carbocycles. The number of aromatic nitrogens is 3. The molecule has 28 heavy (non-hydrogen) atoms. The highest BCUT2D eigenvalue weighted by Crippen LogP contribution is 2.30. The fourth-order valence-corrected chi connectivity index (χ4v) is 3.97. The highest BCUT2D eigenvalue weighted by atomic mass is 32.2. The van der Waals surface area contributed by atoms with Crippen LogP contribution in [0.3, 0.4) is 0 Å². The van der Waals surface area contributed by atoms with Gasteiger partial charge in [0.15, 0.2) is 11.0 Å². The van der Waals surface area contributed by atoms with Crippen LogP contribution in [0.5, 0.6) is 0 Å². The molecule has 4 aromatic rings. The van der Waals surface area contributed by atoms with Crippen LogP contribution in [0.25, 0.3) is 17.1 Å². The fourth-order valence-electron chi connectivity index (χ4n) is 3.07. The summed E-state index contributed by atoms with van der Waals surface area (Å²) >= 11 is 1.72. The Kier molecular flexibility index (Phi) is 5.31. The Morgan fingerprint density at radius 2 is 1.54 bits per heavy atom. The van der Waals surface area contributed by atoms with Crippen LogP contribution in [0.2, 0.25) is 0 Å². The molecule has 0 saturated heterocycles. The van der Waals surface area contributed by atoms with Gasteiger partial charge in [-0.2, -0.15) is 0 Å². The molecule has 0 amide bonds. The van der Waals surface area contributed by atoms with Crippen molar-refractivity contribution in [3.8, 4) is 17.1 Å². The number of nitrogens with zero attached hydrogens (tertiary/aromatic N) is 3. The van der Waals surface area contributed by atoms with Crippen LogP contribution in [-0.2, 0) is 5.75 Å². The van der Waals surface area contributed by atoms with Crippen LogP contribution in [0.1, 0.15) is 22.3 Å². The highest BCUT2D eigenvalue weighted by molar-refractivity contribution is 7.98. The molecular formula is C24H23N3S. The molecule has 0 radical (unpaired) electrons. The number of benzene rings is 3. The Morgan fingerprint density at radius 3 is 2.25 bits per heavy atom. The van der Waals surface area contributed by atoms with Crippen LogP contribution in [0.4, 0.5) is 0 Å². The maximum atomic E-state index is 4.53. The van der Waals surface area contributed by atoms with Crippen molar-refractivity contribution in [2.75, 3.05) is 0 Å². The Morgan fingerprint density at radius 1 is 0.786 bits per heavy atom. The fraction of sp³-hybridized carbons (Fsp3) is 0.167. The molecule has 3 aromatic carbocycles. The zero-order chi connectivity index (χ0) is 19.5. The molecule has 1 aromatic heterocycles. The molecule has 0 atom stereocenters. The monoisotopic (exact) mass is 385 g/mol. The van der Waals surface area contributed by atoms with Gasteiger partial charge in [-0.1, -0.05) is 78.0 Å². The first-order valence-corrected chi connectivity index (χ1v) is 10.4. The molecule has 1 heterocycles. The van der Waals surface area contributed by atoms with Crippen LogP contribution in [-0.4, -0.2) is 14.8 Å². The molecule has 0 spiro atoms. The first-order valence-electron chi connectivity index (χ1n) is 9.38. The van der Waals surface area contributed by atoms with Gasteiger partial charge in [0.25, 0.3) is 0 Å². The van der Waals surface area contributed by atoms with E-state index in [1.807, 2.05) is 18.2 Å². The van der Waals surface area contributed by atoms with Gasteiger partial charge in [0, 0.05) is 11.3 Å². The second-order valence-corrected chi connectivity index (χ2v) is 7.99. The number of hydrogen-bond acceptors (Lipinski definition) is 3. The summed E-state index contributed by atoms with van der Waals surface area (Å²) < 4.78 is 2.17. The molecule has 0 aliphatic carbocycles. The lowest BCUT2D eigenvalue weighted by Crippen LogP contribution is -2.01. The molecule has 0 N–H and O–H groups in total. The summed E-state index contributed by atoms with van der Waals surface area (Å²) in [5.74, 6) is 1.73. The third-order valence-electron chi connectivity index (χ3n) is 4.90. The number of hydrogen-bond donors (Lipinski definition) is 0. The molecule has 4 heteroatoms. The third-order valence-corrected chi connectivity index (χ3v) is 5.90. The van der Waals surface area contributed by atoms with Crippen molar-refractivity contribution < 1.29 is 0 Å². The Balaban J connectivity index is 1.74. The Labute approximate surface area is 170 Å². The molecule has 0 fully saturated rings. The minimum atomic E-state index is 0.859. The second kappa shape index (κ2) is 8.03. The predicted molar refractivity (Wildman–Crippen MR) is 117 cm³/mol. The van der Waals surface area contributed by atoms with E-state index in [2.05, 4.69) is 90.1 Å². The standard InChI is InChI=1S/C24H23N3S/c1-17-9-12-20(13-10-17)16-28-24-26-25-23(21-7-5-4-6-8-21)27(24)22-14-11-18(2)19(3)15-22/h4-15H,16H2,1-3H3. The van der Waals surface area contributed by atoms with E-state index in [-0.39, 0.29) is 0 Å². The zero-order valence-corrected chi connectivity index (χ0v) is 17.2. The molecule has 0 unspecified atom stereocenters. The van der Waals surface area contributed by atoms with E-state index in [9.17, 15) is 0 Å². The number of rotatable bonds is 5. The minimum absolute atomic E-state index is 0.859.